The Bertz CT molecular complexity index is 958. The average molecular weight is 518 g/mol. The van der Waals surface area contributed by atoms with Gasteiger partial charge in [0.15, 0.2) is 0 Å². The Labute approximate surface area is 195 Å². The normalized spacial score (nSPS) is 19.4. The summed E-state index contributed by atoms with van der Waals surface area (Å²) in [6.07, 6.45) is -6.66. The largest absolute Gasteiger partial charge is 0.481 e. The number of carboxylic acids is 1. The van der Waals surface area contributed by atoms with Crippen LogP contribution in [0.5, 0.6) is 0 Å². The summed E-state index contributed by atoms with van der Waals surface area (Å²) in [5.74, 6) is -9.79. The Kier molecular flexibility index (Phi) is 8.51. The summed E-state index contributed by atoms with van der Waals surface area (Å²) < 4.78 is 80.5. The summed E-state index contributed by atoms with van der Waals surface area (Å²) in [6.45, 7) is 0.836. The molecule has 0 fully saturated rings. The van der Waals surface area contributed by atoms with Gasteiger partial charge >= 0.3 is 18.3 Å². The van der Waals surface area contributed by atoms with Crippen molar-refractivity contribution in [3.8, 4) is 0 Å². The van der Waals surface area contributed by atoms with Crippen LogP contribution >= 0.6 is 23.2 Å². The molecule has 0 radical (unpaired) electrons. The lowest BCUT2D eigenvalue weighted by molar-refractivity contribution is -0.188. The number of hydrogen-bond donors (Lipinski definition) is 2. The Balaban J connectivity index is 2.40. The van der Waals surface area contributed by atoms with E-state index >= 15 is 0 Å². The minimum atomic E-state index is -4.92. The van der Waals surface area contributed by atoms with Gasteiger partial charge in [0.1, 0.15) is 0 Å². The molecule has 1 unspecified atom stereocenters. The van der Waals surface area contributed by atoms with Crippen molar-refractivity contribution in [2.24, 2.45) is 17.8 Å². The average Bonchev–Trinajstić information content (AvgIpc) is 2.68. The Morgan fingerprint density at radius 2 is 1.79 bits per heavy atom. The summed E-state index contributed by atoms with van der Waals surface area (Å²) in [4.78, 5) is 23.8. The molecule has 1 aliphatic carbocycles. The third kappa shape index (κ3) is 7.14. The first-order valence-electron chi connectivity index (χ1n) is 9.60. The molecule has 0 aliphatic heterocycles. The SMILES string of the molecule is C[C@H]([C@H](C(=O)Nc1cc([C@@H](CC(=O)O)C(F)(F)F)ccc1Cl)C1C=CC(Cl)=CC1)C(F)(F)F. The number of rotatable bonds is 7. The number of anilines is 1. The van der Waals surface area contributed by atoms with Gasteiger partial charge in [0, 0.05) is 5.03 Å². The van der Waals surface area contributed by atoms with E-state index in [1.54, 1.807) is 0 Å². The first kappa shape index (κ1) is 27.0. The van der Waals surface area contributed by atoms with Gasteiger partial charge in [-0.05, 0) is 36.1 Å². The zero-order valence-corrected chi connectivity index (χ0v) is 18.5. The molecule has 1 aromatic rings. The third-order valence-electron chi connectivity index (χ3n) is 5.33. The van der Waals surface area contributed by atoms with Crippen LogP contribution in [0.1, 0.15) is 31.2 Å². The van der Waals surface area contributed by atoms with Crippen LogP contribution in [0.15, 0.2) is 41.5 Å². The van der Waals surface area contributed by atoms with Gasteiger partial charge in [-0.2, -0.15) is 26.3 Å². The zero-order chi connectivity index (χ0) is 25.1. The number of nitrogens with one attached hydrogen (secondary N) is 1. The number of hydrogen-bond acceptors (Lipinski definition) is 2. The zero-order valence-electron chi connectivity index (χ0n) is 17.0. The van der Waals surface area contributed by atoms with E-state index in [-0.39, 0.29) is 17.1 Å². The molecule has 2 rings (SSSR count). The molecular formula is C21H19Cl2F6NO3. The highest BCUT2D eigenvalue weighted by atomic mass is 35.5. The fraction of sp³-hybridized carbons (Fsp3) is 0.429. The molecule has 1 amide bonds. The van der Waals surface area contributed by atoms with Gasteiger partial charge in [-0.15, -0.1) is 0 Å². The minimum absolute atomic E-state index is 0.0520. The second-order valence-corrected chi connectivity index (χ2v) is 8.47. The predicted octanol–water partition coefficient (Wildman–Crippen LogP) is 6.91. The van der Waals surface area contributed by atoms with Crippen molar-refractivity contribution < 1.29 is 41.0 Å². The summed E-state index contributed by atoms with van der Waals surface area (Å²) in [7, 11) is 0. The summed E-state index contributed by atoms with van der Waals surface area (Å²) >= 11 is 11.8. The lowest BCUT2D eigenvalue weighted by atomic mass is 9.78. The van der Waals surface area contributed by atoms with Crippen LogP contribution in [0.4, 0.5) is 32.0 Å². The maximum atomic E-state index is 13.5. The molecule has 1 aliphatic rings. The van der Waals surface area contributed by atoms with E-state index in [0.717, 1.165) is 25.1 Å². The second-order valence-electron chi connectivity index (χ2n) is 7.62. The quantitative estimate of drug-likeness (QED) is 0.386. The number of amides is 1. The highest BCUT2D eigenvalue weighted by molar-refractivity contribution is 6.33. The Morgan fingerprint density at radius 1 is 1.15 bits per heavy atom. The fourth-order valence-corrected chi connectivity index (χ4v) is 3.87. The van der Waals surface area contributed by atoms with E-state index in [1.807, 2.05) is 0 Å². The molecule has 0 saturated carbocycles. The molecule has 33 heavy (non-hydrogen) atoms. The van der Waals surface area contributed by atoms with E-state index in [4.69, 9.17) is 28.3 Å². The monoisotopic (exact) mass is 517 g/mol. The van der Waals surface area contributed by atoms with E-state index in [0.29, 0.717) is 5.03 Å². The Morgan fingerprint density at radius 3 is 2.27 bits per heavy atom. The third-order valence-corrected chi connectivity index (χ3v) is 5.94. The molecule has 0 spiro atoms. The van der Waals surface area contributed by atoms with Crippen LogP contribution in [0.25, 0.3) is 0 Å². The highest BCUT2D eigenvalue weighted by Gasteiger charge is 2.47. The lowest BCUT2D eigenvalue weighted by Gasteiger charge is -2.31. The van der Waals surface area contributed by atoms with Crippen LogP contribution < -0.4 is 5.32 Å². The van der Waals surface area contributed by atoms with Crippen molar-refractivity contribution in [1.29, 1.82) is 0 Å². The highest BCUT2D eigenvalue weighted by Crippen LogP contribution is 2.42. The van der Waals surface area contributed by atoms with Crippen molar-refractivity contribution in [1.82, 2.24) is 0 Å². The molecule has 0 bridgehead atoms. The van der Waals surface area contributed by atoms with Crippen molar-refractivity contribution in [2.45, 2.75) is 38.0 Å². The number of allylic oxidation sites excluding steroid dienone is 4. The van der Waals surface area contributed by atoms with Gasteiger partial charge < -0.3 is 10.4 Å². The molecule has 0 heterocycles. The van der Waals surface area contributed by atoms with Crippen LogP contribution in [-0.4, -0.2) is 29.3 Å². The van der Waals surface area contributed by atoms with Gasteiger partial charge in [-0.3, -0.25) is 9.59 Å². The lowest BCUT2D eigenvalue weighted by Crippen LogP contribution is -2.40. The predicted molar refractivity (Wildman–Crippen MR) is 111 cm³/mol. The van der Waals surface area contributed by atoms with E-state index in [9.17, 15) is 35.9 Å². The first-order chi connectivity index (χ1) is 15.1. The standard InChI is InChI=1S/C21H19Cl2F6NO3/c1-10(20(24,25)26)18(11-2-5-13(22)6-3-11)19(33)30-16-8-12(4-7-15(16)23)14(9-17(31)32)21(27,28)29/h2,4-8,10-11,14,18H,3,9H2,1H3,(H,30,33)(H,31,32)/t10-,11?,14-,18+/m1/s1. The number of alkyl halides is 6. The number of carbonyl (C=O) groups excluding carboxylic acids is 1. The van der Waals surface area contributed by atoms with Gasteiger partial charge in [0.2, 0.25) is 5.91 Å². The smallest absolute Gasteiger partial charge is 0.396 e. The summed E-state index contributed by atoms with van der Waals surface area (Å²) in [5.41, 5.74) is -0.858. The number of carbonyl (C=O) groups is 2. The van der Waals surface area contributed by atoms with E-state index < -0.39 is 59.9 Å². The number of benzene rings is 1. The maximum absolute atomic E-state index is 13.5. The first-order valence-corrected chi connectivity index (χ1v) is 10.4. The fourth-order valence-electron chi connectivity index (χ4n) is 3.54. The molecule has 4 nitrogen and oxygen atoms in total. The van der Waals surface area contributed by atoms with Crippen molar-refractivity contribution in [3.05, 3.63) is 52.0 Å². The summed E-state index contributed by atoms with van der Waals surface area (Å²) in [5, 5.41) is 11.1. The van der Waals surface area contributed by atoms with Crippen molar-refractivity contribution in [3.63, 3.8) is 0 Å². The molecule has 182 valence electrons. The Hall–Kier alpha value is -2.20. The molecule has 0 aromatic heterocycles. The van der Waals surface area contributed by atoms with Gasteiger partial charge in [0.25, 0.3) is 0 Å². The number of carboxylic acid groups (broad SMARTS) is 1. The number of aliphatic carboxylic acids is 1. The molecule has 4 atom stereocenters. The molecule has 2 N–H and O–H groups in total. The molecular weight excluding hydrogens is 499 g/mol. The van der Waals surface area contributed by atoms with E-state index in [2.05, 4.69) is 5.32 Å². The van der Waals surface area contributed by atoms with Crippen LogP contribution in [0, 0.1) is 17.8 Å². The van der Waals surface area contributed by atoms with Crippen LogP contribution in [0.3, 0.4) is 0 Å². The number of halogens is 8. The van der Waals surface area contributed by atoms with Crippen molar-refractivity contribution in [2.75, 3.05) is 5.32 Å². The van der Waals surface area contributed by atoms with Gasteiger partial charge in [-0.1, -0.05) is 48.3 Å². The van der Waals surface area contributed by atoms with Crippen LogP contribution in [0.2, 0.25) is 5.02 Å². The van der Waals surface area contributed by atoms with Crippen LogP contribution in [-0.2, 0) is 9.59 Å². The molecule has 12 heteroatoms. The maximum Gasteiger partial charge on any atom is 0.396 e. The van der Waals surface area contributed by atoms with E-state index in [1.165, 1.54) is 18.2 Å². The minimum Gasteiger partial charge on any atom is -0.481 e. The molecule has 0 saturated heterocycles. The van der Waals surface area contributed by atoms with Gasteiger partial charge in [0.05, 0.1) is 34.9 Å². The summed E-state index contributed by atoms with van der Waals surface area (Å²) in [6, 6.07) is 2.79. The second kappa shape index (κ2) is 10.4. The molecule has 1 aromatic carbocycles. The van der Waals surface area contributed by atoms with Gasteiger partial charge in [-0.25, -0.2) is 0 Å². The van der Waals surface area contributed by atoms with Crippen molar-refractivity contribution >= 4 is 40.8 Å². The topological polar surface area (TPSA) is 66.4 Å².